The highest BCUT2D eigenvalue weighted by atomic mass is 32.2. The molecular formula is C30H34N4O8S. The number of nitrogens with zero attached hydrogens (tertiary/aromatic N) is 2. The van der Waals surface area contributed by atoms with Crippen LogP contribution in [0.15, 0.2) is 53.8 Å². The van der Waals surface area contributed by atoms with Gasteiger partial charge < -0.3 is 19.2 Å². The maximum atomic E-state index is 13.8. The number of hydrogen-bond donors (Lipinski definition) is 2. The van der Waals surface area contributed by atoms with Gasteiger partial charge >= 0.3 is 6.09 Å². The van der Waals surface area contributed by atoms with Crippen molar-refractivity contribution < 1.29 is 36.7 Å². The molecule has 2 N–H and O–H groups in total. The molecule has 6 rings (SSSR count). The molecule has 2 aliphatic carbocycles. The standard InChI is InChI=1S/C30H34N4O8S/c1-5-17-15-30(17,27(36)33-43(38,39)19-6-7-19)32-25(35)23-14-18(16-34(23)28(37)42-29(2,3)4)41-26-22-8-9-24-21(11-13-40-24)20(22)10-12-31-26/h5,8-13,17-19,23H,1,6-7,14-16H2,2-4H3,(H,32,35)(H,33,36)/t17-,18-,23+,30-/m1/s1. The van der Waals surface area contributed by atoms with Gasteiger partial charge in [-0.25, -0.2) is 18.2 Å². The van der Waals surface area contributed by atoms with Crippen LogP contribution in [0.5, 0.6) is 5.88 Å². The molecule has 0 unspecified atom stereocenters. The second-order valence-corrected chi connectivity index (χ2v) is 14.4. The van der Waals surface area contributed by atoms with Gasteiger partial charge in [0.05, 0.1) is 18.1 Å². The zero-order valence-corrected chi connectivity index (χ0v) is 25.0. The number of carbonyl (C=O) groups is 3. The molecule has 3 heterocycles. The van der Waals surface area contributed by atoms with Gasteiger partial charge in [-0.15, -0.1) is 6.58 Å². The largest absolute Gasteiger partial charge is 0.472 e. The fourth-order valence-electron chi connectivity index (χ4n) is 5.61. The van der Waals surface area contributed by atoms with E-state index in [0.29, 0.717) is 18.7 Å². The second kappa shape index (κ2) is 10.2. The lowest BCUT2D eigenvalue weighted by molar-refractivity contribution is -0.131. The van der Waals surface area contributed by atoms with Gasteiger partial charge in [0.25, 0.3) is 5.91 Å². The number of sulfonamides is 1. The topological polar surface area (TPSA) is 157 Å². The highest BCUT2D eigenvalue weighted by Crippen LogP contribution is 2.45. The third-order valence-corrected chi connectivity index (χ3v) is 9.88. The minimum atomic E-state index is -3.83. The van der Waals surface area contributed by atoms with Gasteiger partial charge in [0.1, 0.15) is 28.9 Å². The number of aromatic nitrogens is 1. The molecule has 13 heteroatoms. The number of rotatable bonds is 8. The second-order valence-electron chi connectivity index (χ2n) is 12.4. The van der Waals surface area contributed by atoms with E-state index in [0.717, 1.165) is 21.7 Å². The summed E-state index contributed by atoms with van der Waals surface area (Å²) in [5.74, 6) is -1.55. The van der Waals surface area contributed by atoms with E-state index in [1.54, 1.807) is 33.2 Å². The highest BCUT2D eigenvalue weighted by Gasteiger charge is 2.62. The SMILES string of the molecule is C=C[C@@H]1C[C@]1(NC(=O)[C@@H]1C[C@@H](Oc2nccc3c2ccc2occc23)CN1C(=O)OC(C)(C)C)C(=O)NS(=O)(=O)C1CC1. The molecule has 3 aliphatic rings. The van der Waals surface area contributed by atoms with E-state index in [9.17, 15) is 22.8 Å². The first-order valence-electron chi connectivity index (χ1n) is 14.2. The van der Waals surface area contributed by atoms with Crippen LogP contribution in [0, 0.1) is 5.92 Å². The fraction of sp³-hybridized carbons (Fsp3) is 0.467. The molecule has 1 saturated heterocycles. The number of benzene rings is 1. The summed E-state index contributed by atoms with van der Waals surface area (Å²) in [5, 5.41) is 4.67. The third kappa shape index (κ3) is 5.53. The van der Waals surface area contributed by atoms with Crippen LogP contribution in [0.2, 0.25) is 0 Å². The van der Waals surface area contributed by atoms with Crippen molar-refractivity contribution in [2.45, 2.75) is 75.0 Å². The van der Waals surface area contributed by atoms with Crippen LogP contribution in [0.3, 0.4) is 0 Å². The predicted molar refractivity (Wildman–Crippen MR) is 157 cm³/mol. The summed E-state index contributed by atoms with van der Waals surface area (Å²) >= 11 is 0. The summed E-state index contributed by atoms with van der Waals surface area (Å²) in [4.78, 5) is 46.0. The molecule has 3 fully saturated rings. The Bertz CT molecular complexity index is 1740. The molecule has 3 amide bonds. The van der Waals surface area contributed by atoms with Crippen molar-refractivity contribution in [3.63, 3.8) is 0 Å². The van der Waals surface area contributed by atoms with Crippen LogP contribution in [-0.4, -0.2) is 71.3 Å². The van der Waals surface area contributed by atoms with Crippen molar-refractivity contribution >= 4 is 49.7 Å². The summed E-state index contributed by atoms with van der Waals surface area (Å²) < 4.78 is 44.5. The lowest BCUT2D eigenvalue weighted by Crippen LogP contribution is -2.56. The Morgan fingerprint density at radius 2 is 1.91 bits per heavy atom. The molecule has 3 aromatic rings. The zero-order chi connectivity index (χ0) is 30.7. The maximum absolute atomic E-state index is 13.8. The average molecular weight is 611 g/mol. The Morgan fingerprint density at radius 3 is 2.58 bits per heavy atom. The molecule has 4 atom stereocenters. The molecule has 1 aromatic carbocycles. The van der Waals surface area contributed by atoms with Gasteiger partial charge in [0, 0.05) is 29.3 Å². The maximum Gasteiger partial charge on any atom is 0.411 e. The summed E-state index contributed by atoms with van der Waals surface area (Å²) in [6, 6.07) is 6.33. The van der Waals surface area contributed by atoms with Gasteiger partial charge in [-0.3, -0.25) is 19.2 Å². The number of amides is 3. The number of ether oxygens (including phenoxy) is 2. The smallest absolute Gasteiger partial charge is 0.411 e. The number of pyridine rings is 1. The van der Waals surface area contributed by atoms with Crippen LogP contribution < -0.4 is 14.8 Å². The van der Waals surface area contributed by atoms with Crippen molar-refractivity contribution in [2.24, 2.45) is 5.92 Å². The van der Waals surface area contributed by atoms with E-state index < -0.39 is 62.4 Å². The number of furan rings is 1. The molecule has 228 valence electrons. The van der Waals surface area contributed by atoms with Gasteiger partial charge in [0.2, 0.25) is 21.8 Å². The lowest BCUT2D eigenvalue weighted by Gasteiger charge is -2.29. The van der Waals surface area contributed by atoms with Crippen molar-refractivity contribution in [3.8, 4) is 5.88 Å². The Morgan fingerprint density at radius 1 is 1.14 bits per heavy atom. The molecule has 12 nitrogen and oxygen atoms in total. The first-order valence-corrected chi connectivity index (χ1v) is 15.8. The van der Waals surface area contributed by atoms with Crippen LogP contribution in [0.1, 0.15) is 46.5 Å². The van der Waals surface area contributed by atoms with Crippen molar-refractivity contribution in [1.29, 1.82) is 0 Å². The molecular weight excluding hydrogens is 576 g/mol. The lowest BCUT2D eigenvalue weighted by atomic mass is 10.1. The van der Waals surface area contributed by atoms with Gasteiger partial charge in [0.15, 0.2) is 0 Å². The van der Waals surface area contributed by atoms with Crippen molar-refractivity contribution in [1.82, 2.24) is 19.9 Å². The molecule has 0 bridgehead atoms. The predicted octanol–water partition coefficient (Wildman–Crippen LogP) is 3.41. The fourth-order valence-corrected chi connectivity index (χ4v) is 6.97. The molecule has 1 aliphatic heterocycles. The number of nitrogens with one attached hydrogen (secondary N) is 2. The Balaban J connectivity index is 1.25. The minimum Gasteiger partial charge on any atom is -0.472 e. The minimum absolute atomic E-state index is 0.0269. The molecule has 43 heavy (non-hydrogen) atoms. The van der Waals surface area contributed by atoms with Crippen LogP contribution in [-0.2, 0) is 24.3 Å². The zero-order valence-electron chi connectivity index (χ0n) is 24.2. The van der Waals surface area contributed by atoms with E-state index in [2.05, 4.69) is 21.6 Å². The Hall–Kier alpha value is -4.13. The number of fused-ring (bicyclic) bond motifs is 3. The molecule has 0 radical (unpaired) electrons. The van der Waals surface area contributed by atoms with E-state index in [1.807, 2.05) is 24.3 Å². The quantitative estimate of drug-likeness (QED) is 0.365. The van der Waals surface area contributed by atoms with Crippen molar-refractivity contribution in [2.75, 3.05) is 6.54 Å². The van der Waals surface area contributed by atoms with Gasteiger partial charge in [-0.05, 0) is 69.7 Å². The Labute approximate surface area is 248 Å². The third-order valence-electron chi connectivity index (χ3n) is 8.06. The summed E-state index contributed by atoms with van der Waals surface area (Å²) in [6.07, 6.45) is 4.65. The molecule has 2 aromatic heterocycles. The number of carbonyl (C=O) groups excluding carboxylic acids is 3. The van der Waals surface area contributed by atoms with Crippen LogP contribution in [0.4, 0.5) is 4.79 Å². The highest BCUT2D eigenvalue weighted by molar-refractivity contribution is 7.91. The summed E-state index contributed by atoms with van der Waals surface area (Å²) in [7, 11) is -3.83. The van der Waals surface area contributed by atoms with Gasteiger partial charge in [-0.2, -0.15) is 0 Å². The van der Waals surface area contributed by atoms with Crippen LogP contribution >= 0.6 is 0 Å². The monoisotopic (exact) mass is 610 g/mol. The Kier molecular flexibility index (Phi) is 6.90. The normalized spacial score (nSPS) is 25.4. The summed E-state index contributed by atoms with van der Waals surface area (Å²) in [6.45, 7) is 8.92. The van der Waals surface area contributed by atoms with Crippen molar-refractivity contribution in [3.05, 3.63) is 49.4 Å². The van der Waals surface area contributed by atoms with Crippen LogP contribution in [0.25, 0.3) is 21.7 Å². The number of likely N-dealkylation sites (tertiary alicyclic amines) is 1. The summed E-state index contributed by atoms with van der Waals surface area (Å²) in [5.41, 5.74) is -1.58. The van der Waals surface area contributed by atoms with E-state index in [-0.39, 0.29) is 19.4 Å². The average Bonchev–Trinajstić information content (AvgIpc) is 3.81. The van der Waals surface area contributed by atoms with E-state index in [1.165, 1.54) is 11.0 Å². The molecule has 2 saturated carbocycles. The first-order chi connectivity index (χ1) is 20.3. The molecule has 0 spiro atoms. The van der Waals surface area contributed by atoms with E-state index in [4.69, 9.17) is 13.9 Å². The number of hydrogen-bond acceptors (Lipinski definition) is 9. The van der Waals surface area contributed by atoms with E-state index >= 15 is 0 Å². The van der Waals surface area contributed by atoms with Gasteiger partial charge in [-0.1, -0.05) is 6.08 Å². The first kappa shape index (κ1) is 29.0.